The summed E-state index contributed by atoms with van der Waals surface area (Å²) in [6, 6.07) is 4.23. The first-order chi connectivity index (χ1) is 8.49. The third-order valence-electron chi connectivity index (χ3n) is 3.29. The minimum Gasteiger partial charge on any atom is -0.372 e. The molecular formula is C14H26N2OS. The molecule has 0 aromatic carbocycles. The summed E-state index contributed by atoms with van der Waals surface area (Å²) in [5.41, 5.74) is 5.93. The Morgan fingerprint density at radius 3 is 2.11 bits per heavy atom. The molecule has 2 N–H and O–H groups in total. The van der Waals surface area contributed by atoms with E-state index in [1.807, 2.05) is 12.4 Å². The minimum absolute atomic E-state index is 0.250. The molecule has 1 amide bonds. The lowest BCUT2D eigenvalue weighted by molar-refractivity contribution is -0.106. The molecule has 1 heterocycles. The third-order valence-corrected chi connectivity index (χ3v) is 3.29. The quantitative estimate of drug-likeness (QED) is 0.654. The fourth-order valence-corrected chi connectivity index (χ4v) is 1.41. The lowest BCUT2D eigenvalue weighted by Crippen LogP contribution is -2.18. The molecule has 0 aliphatic rings. The monoisotopic (exact) mass is 270 g/mol. The molecule has 4 heteroatoms. The predicted octanol–water partition coefficient (Wildman–Crippen LogP) is 3.27. The second-order valence-corrected chi connectivity index (χ2v) is 4.48. The van der Waals surface area contributed by atoms with E-state index >= 15 is 0 Å². The van der Waals surface area contributed by atoms with Crippen LogP contribution in [0, 0.1) is 5.41 Å². The van der Waals surface area contributed by atoms with Gasteiger partial charge in [-0.2, -0.15) is 12.6 Å². The zero-order valence-corrected chi connectivity index (χ0v) is 12.9. The summed E-state index contributed by atoms with van der Waals surface area (Å²) in [6.07, 6.45) is 6.89. The molecule has 1 unspecified atom stereocenters. The maximum Gasteiger partial charge on any atom is 0.204 e. The van der Waals surface area contributed by atoms with E-state index in [1.54, 1.807) is 6.26 Å². The van der Waals surface area contributed by atoms with Gasteiger partial charge in [0.1, 0.15) is 0 Å². The van der Waals surface area contributed by atoms with Crippen molar-refractivity contribution in [3.63, 3.8) is 0 Å². The molecule has 0 fully saturated rings. The van der Waals surface area contributed by atoms with Gasteiger partial charge >= 0.3 is 0 Å². The van der Waals surface area contributed by atoms with Gasteiger partial charge in [0.25, 0.3) is 0 Å². The molecule has 0 aliphatic carbocycles. The fourth-order valence-electron chi connectivity index (χ4n) is 1.41. The highest BCUT2D eigenvalue weighted by Crippen LogP contribution is 2.37. The van der Waals surface area contributed by atoms with Crippen molar-refractivity contribution >= 4 is 19.0 Å². The van der Waals surface area contributed by atoms with Crippen molar-refractivity contribution in [1.82, 2.24) is 4.98 Å². The second kappa shape index (κ2) is 11.1. The van der Waals surface area contributed by atoms with Gasteiger partial charge in [0.15, 0.2) is 0 Å². The molecule has 0 aliphatic heterocycles. The third kappa shape index (κ3) is 7.33. The molecule has 1 aromatic heterocycles. The van der Waals surface area contributed by atoms with Gasteiger partial charge in [-0.15, -0.1) is 0 Å². The number of primary amides is 1. The van der Waals surface area contributed by atoms with Gasteiger partial charge < -0.3 is 5.73 Å². The van der Waals surface area contributed by atoms with E-state index in [9.17, 15) is 0 Å². The van der Waals surface area contributed by atoms with E-state index in [0.29, 0.717) is 11.3 Å². The second-order valence-electron chi connectivity index (χ2n) is 4.48. The van der Waals surface area contributed by atoms with Gasteiger partial charge in [-0.05, 0) is 35.3 Å². The van der Waals surface area contributed by atoms with Crippen LogP contribution in [0.5, 0.6) is 0 Å². The number of hydrogen-bond donors (Lipinski definition) is 2. The Morgan fingerprint density at radius 1 is 1.39 bits per heavy atom. The van der Waals surface area contributed by atoms with Crippen molar-refractivity contribution in [2.45, 2.75) is 40.0 Å². The Labute approximate surface area is 117 Å². The van der Waals surface area contributed by atoms with Crippen LogP contribution in [0.3, 0.4) is 0 Å². The number of aromatic nitrogens is 1. The fraction of sp³-hybridized carbons (Fsp3) is 0.571. The van der Waals surface area contributed by atoms with Crippen LogP contribution in [0.2, 0.25) is 0 Å². The number of carbonyl (C=O) groups excluding carboxylic acids is 1. The lowest BCUT2D eigenvalue weighted by Gasteiger charge is -2.30. The van der Waals surface area contributed by atoms with Gasteiger partial charge in [0, 0.05) is 12.4 Å². The van der Waals surface area contributed by atoms with Crippen LogP contribution in [0.25, 0.3) is 0 Å². The summed E-state index contributed by atoms with van der Waals surface area (Å²) >= 11 is 3.53. The van der Waals surface area contributed by atoms with E-state index < -0.39 is 0 Å². The summed E-state index contributed by atoms with van der Waals surface area (Å²) in [5, 5.41) is 0. The van der Waals surface area contributed by atoms with Gasteiger partial charge in [0.05, 0.1) is 0 Å². The normalized spacial score (nSPS) is 11.2. The molecular weight excluding hydrogens is 244 g/mol. The smallest absolute Gasteiger partial charge is 0.204 e. The average molecular weight is 270 g/mol. The van der Waals surface area contributed by atoms with Crippen LogP contribution in [0.1, 0.15) is 45.6 Å². The van der Waals surface area contributed by atoms with E-state index in [2.05, 4.69) is 63.2 Å². The summed E-state index contributed by atoms with van der Waals surface area (Å²) in [5.74, 6) is 0.598. The lowest BCUT2D eigenvalue weighted by atomic mass is 9.74. The molecule has 1 rings (SSSR count). The Morgan fingerprint density at radius 2 is 1.78 bits per heavy atom. The molecule has 0 bridgehead atoms. The Bertz CT molecular complexity index is 302. The standard InChI is InChI=1S/C12H19N.CH3NO.CH4S/c1-5-12(3,4)10(2)11-6-8-13-9-7-11;2-1-3;1-2/h6-10H,5H2,1-4H3;1H,(H2,2,3);2H,1H3. The van der Waals surface area contributed by atoms with Crippen molar-refractivity contribution in [2.75, 3.05) is 6.26 Å². The molecule has 0 saturated carbocycles. The van der Waals surface area contributed by atoms with Crippen LogP contribution in [-0.2, 0) is 4.79 Å². The van der Waals surface area contributed by atoms with E-state index in [1.165, 1.54) is 12.0 Å². The van der Waals surface area contributed by atoms with Crippen LogP contribution in [0.4, 0.5) is 0 Å². The first kappa shape index (κ1) is 19.3. The summed E-state index contributed by atoms with van der Waals surface area (Å²) in [6.45, 7) is 9.17. The van der Waals surface area contributed by atoms with Gasteiger partial charge in [-0.3, -0.25) is 9.78 Å². The first-order valence-corrected chi connectivity index (χ1v) is 6.89. The van der Waals surface area contributed by atoms with Crippen LogP contribution < -0.4 is 5.73 Å². The summed E-state index contributed by atoms with van der Waals surface area (Å²) < 4.78 is 0. The number of nitrogens with zero attached hydrogens (tertiary/aromatic N) is 1. The number of rotatable bonds is 3. The predicted molar refractivity (Wildman–Crippen MR) is 81.9 cm³/mol. The summed E-state index contributed by atoms with van der Waals surface area (Å²) in [7, 11) is 0. The molecule has 18 heavy (non-hydrogen) atoms. The Hall–Kier alpha value is -1.03. The van der Waals surface area contributed by atoms with Crippen molar-refractivity contribution in [3.05, 3.63) is 30.1 Å². The molecule has 104 valence electrons. The molecule has 3 nitrogen and oxygen atoms in total. The van der Waals surface area contributed by atoms with Crippen LogP contribution in [-0.4, -0.2) is 17.6 Å². The molecule has 0 radical (unpaired) electrons. The Kier molecular flexibility index (Phi) is 11.9. The zero-order chi connectivity index (χ0) is 14.6. The van der Waals surface area contributed by atoms with E-state index in [-0.39, 0.29) is 6.41 Å². The van der Waals surface area contributed by atoms with E-state index in [4.69, 9.17) is 4.79 Å². The SMILES string of the molecule is CCC(C)(C)C(C)c1ccncc1.CS.NC=O. The number of carbonyl (C=O) groups is 1. The highest BCUT2D eigenvalue weighted by Gasteiger charge is 2.24. The molecule has 1 atom stereocenters. The summed E-state index contributed by atoms with van der Waals surface area (Å²) in [4.78, 5) is 12.6. The maximum absolute atomic E-state index is 8.58. The Balaban J connectivity index is 0. The molecule has 0 spiro atoms. The van der Waals surface area contributed by atoms with Crippen molar-refractivity contribution in [2.24, 2.45) is 11.1 Å². The van der Waals surface area contributed by atoms with E-state index in [0.717, 1.165) is 0 Å². The minimum atomic E-state index is 0.250. The highest BCUT2D eigenvalue weighted by molar-refractivity contribution is 7.79. The number of pyridine rings is 1. The maximum atomic E-state index is 8.58. The topological polar surface area (TPSA) is 56.0 Å². The van der Waals surface area contributed by atoms with Crippen molar-refractivity contribution < 1.29 is 4.79 Å². The zero-order valence-electron chi connectivity index (χ0n) is 12.1. The number of amides is 1. The average Bonchev–Trinajstić information content (AvgIpc) is 2.42. The number of thiol groups is 1. The first-order valence-electron chi connectivity index (χ1n) is 5.99. The van der Waals surface area contributed by atoms with Gasteiger partial charge in [-0.25, -0.2) is 0 Å². The van der Waals surface area contributed by atoms with Crippen LogP contribution >= 0.6 is 12.6 Å². The van der Waals surface area contributed by atoms with Gasteiger partial charge in [0.2, 0.25) is 6.41 Å². The van der Waals surface area contributed by atoms with Crippen LogP contribution in [0.15, 0.2) is 24.5 Å². The van der Waals surface area contributed by atoms with Crippen molar-refractivity contribution in [3.8, 4) is 0 Å². The van der Waals surface area contributed by atoms with Crippen molar-refractivity contribution in [1.29, 1.82) is 0 Å². The largest absolute Gasteiger partial charge is 0.372 e. The van der Waals surface area contributed by atoms with Gasteiger partial charge in [-0.1, -0.05) is 34.1 Å². The molecule has 1 aromatic rings. The number of hydrogen-bond acceptors (Lipinski definition) is 3. The number of nitrogens with two attached hydrogens (primary N) is 1. The molecule has 0 saturated heterocycles. The highest BCUT2D eigenvalue weighted by atomic mass is 32.1.